The molecule has 0 fully saturated rings. The number of aromatic nitrogens is 2. The Balaban J connectivity index is 1.52. The van der Waals surface area contributed by atoms with Gasteiger partial charge in [0.25, 0.3) is 5.89 Å². The predicted molar refractivity (Wildman–Crippen MR) is 85.8 cm³/mol. The molecule has 6 heteroatoms. The molecule has 0 radical (unpaired) electrons. The van der Waals surface area contributed by atoms with E-state index in [1.807, 2.05) is 42.5 Å². The summed E-state index contributed by atoms with van der Waals surface area (Å²) in [6.07, 6.45) is 3.23. The molecule has 4 rings (SSSR count). The lowest BCUT2D eigenvalue weighted by Crippen LogP contribution is -2.21. The van der Waals surface area contributed by atoms with Gasteiger partial charge in [-0.2, -0.15) is 0 Å². The van der Waals surface area contributed by atoms with Gasteiger partial charge in [0.2, 0.25) is 5.89 Å². The van der Waals surface area contributed by atoms with Crippen molar-refractivity contribution in [3.8, 4) is 11.7 Å². The molecule has 0 saturated carbocycles. The first-order chi connectivity index (χ1) is 11.9. The molecule has 6 nitrogen and oxygen atoms in total. The molecule has 120 valence electrons. The first-order valence-corrected chi connectivity index (χ1v) is 7.58. The maximum Gasteiger partial charge on any atom is 0.283 e. The third-order valence-corrected chi connectivity index (χ3v) is 3.62. The van der Waals surface area contributed by atoms with Gasteiger partial charge < -0.3 is 13.3 Å². The highest BCUT2D eigenvalue weighted by molar-refractivity contribution is 5.42. The zero-order chi connectivity index (χ0) is 16.2. The molecule has 0 aliphatic carbocycles. The SMILES string of the molecule is c1ccc([C@H](NCc2nnc(-c3ccco3)o2)c2ccco2)cc1. The number of nitrogens with zero attached hydrogens (tertiary/aromatic N) is 2. The normalized spacial score (nSPS) is 12.3. The van der Waals surface area contributed by atoms with Gasteiger partial charge in [-0.15, -0.1) is 10.2 Å². The largest absolute Gasteiger partial charge is 0.467 e. The van der Waals surface area contributed by atoms with Crippen molar-refractivity contribution >= 4 is 0 Å². The van der Waals surface area contributed by atoms with E-state index >= 15 is 0 Å². The minimum Gasteiger partial charge on any atom is -0.467 e. The molecule has 0 aliphatic heterocycles. The van der Waals surface area contributed by atoms with Crippen molar-refractivity contribution < 1.29 is 13.3 Å². The summed E-state index contributed by atoms with van der Waals surface area (Å²) in [6, 6.07) is 17.3. The standard InChI is InChI=1S/C18H15N3O3/c1-2-6-13(7-3-1)17(14-8-4-10-22-14)19-12-16-20-21-18(24-16)15-9-5-11-23-15/h1-11,17,19H,12H2/t17-/m0/s1. The van der Waals surface area contributed by atoms with Gasteiger partial charge in [0.05, 0.1) is 25.1 Å². The summed E-state index contributed by atoms with van der Waals surface area (Å²) in [7, 11) is 0. The van der Waals surface area contributed by atoms with E-state index in [-0.39, 0.29) is 6.04 Å². The van der Waals surface area contributed by atoms with Gasteiger partial charge in [-0.1, -0.05) is 30.3 Å². The van der Waals surface area contributed by atoms with Gasteiger partial charge in [0.1, 0.15) is 5.76 Å². The molecular formula is C18H15N3O3. The highest BCUT2D eigenvalue weighted by Crippen LogP contribution is 2.23. The lowest BCUT2D eigenvalue weighted by atomic mass is 10.0. The van der Waals surface area contributed by atoms with Crippen LogP contribution < -0.4 is 5.32 Å². The minimum atomic E-state index is -0.0971. The fraction of sp³-hybridized carbons (Fsp3) is 0.111. The summed E-state index contributed by atoms with van der Waals surface area (Å²) in [5.41, 5.74) is 1.10. The van der Waals surface area contributed by atoms with E-state index in [2.05, 4.69) is 15.5 Å². The summed E-state index contributed by atoms with van der Waals surface area (Å²) < 4.78 is 16.4. The maximum atomic E-state index is 5.62. The van der Waals surface area contributed by atoms with Crippen LogP contribution in [0.5, 0.6) is 0 Å². The van der Waals surface area contributed by atoms with Crippen molar-refractivity contribution in [2.45, 2.75) is 12.6 Å². The summed E-state index contributed by atoms with van der Waals surface area (Å²) in [4.78, 5) is 0. The molecular weight excluding hydrogens is 306 g/mol. The van der Waals surface area contributed by atoms with Crippen molar-refractivity contribution in [2.24, 2.45) is 0 Å². The van der Waals surface area contributed by atoms with Crippen LogP contribution in [-0.4, -0.2) is 10.2 Å². The van der Waals surface area contributed by atoms with Crippen molar-refractivity contribution in [1.82, 2.24) is 15.5 Å². The Kier molecular flexibility index (Phi) is 3.95. The van der Waals surface area contributed by atoms with E-state index in [1.54, 1.807) is 24.7 Å². The van der Waals surface area contributed by atoms with E-state index in [4.69, 9.17) is 13.3 Å². The number of hydrogen-bond donors (Lipinski definition) is 1. The highest BCUT2D eigenvalue weighted by Gasteiger charge is 2.18. The number of hydrogen-bond acceptors (Lipinski definition) is 6. The molecule has 0 unspecified atom stereocenters. The Morgan fingerprint density at radius 2 is 1.71 bits per heavy atom. The maximum absolute atomic E-state index is 5.62. The van der Waals surface area contributed by atoms with Gasteiger partial charge in [-0.3, -0.25) is 5.32 Å². The first-order valence-electron chi connectivity index (χ1n) is 7.58. The van der Waals surface area contributed by atoms with E-state index in [0.717, 1.165) is 11.3 Å². The quantitative estimate of drug-likeness (QED) is 0.582. The van der Waals surface area contributed by atoms with E-state index in [1.165, 1.54) is 0 Å². The second-order valence-electron chi connectivity index (χ2n) is 5.22. The number of benzene rings is 1. The van der Waals surface area contributed by atoms with Crippen LogP contribution in [-0.2, 0) is 6.54 Å². The van der Waals surface area contributed by atoms with Gasteiger partial charge in [-0.25, -0.2) is 0 Å². The summed E-state index contributed by atoms with van der Waals surface area (Å²) in [5.74, 6) is 2.23. The zero-order valence-electron chi connectivity index (χ0n) is 12.8. The molecule has 1 N–H and O–H groups in total. The van der Waals surface area contributed by atoms with Crippen LogP contribution in [0.25, 0.3) is 11.7 Å². The van der Waals surface area contributed by atoms with Crippen LogP contribution in [0.1, 0.15) is 23.3 Å². The Morgan fingerprint density at radius 1 is 0.875 bits per heavy atom. The first kappa shape index (κ1) is 14.5. The second-order valence-corrected chi connectivity index (χ2v) is 5.22. The molecule has 1 aromatic carbocycles. The van der Waals surface area contributed by atoms with Crippen LogP contribution >= 0.6 is 0 Å². The third kappa shape index (κ3) is 3.00. The molecule has 0 saturated heterocycles. The molecule has 24 heavy (non-hydrogen) atoms. The summed E-state index contributed by atoms with van der Waals surface area (Å²) in [5, 5.41) is 11.4. The third-order valence-electron chi connectivity index (χ3n) is 3.62. The Hall–Kier alpha value is -3.12. The fourth-order valence-electron chi connectivity index (χ4n) is 2.50. The predicted octanol–water partition coefficient (Wildman–Crippen LogP) is 3.80. The van der Waals surface area contributed by atoms with Gasteiger partial charge in [0.15, 0.2) is 5.76 Å². The van der Waals surface area contributed by atoms with Crippen LogP contribution in [0.3, 0.4) is 0 Å². The molecule has 3 heterocycles. The minimum absolute atomic E-state index is 0.0971. The molecule has 0 amide bonds. The molecule has 1 atom stereocenters. The zero-order valence-corrected chi connectivity index (χ0v) is 12.8. The van der Waals surface area contributed by atoms with E-state index in [9.17, 15) is 0 Å². The molecule has 0 bridgehead atoms. The average molecular weight is 321 g/mol. The van der Waals surface area contributed by atoms with Crippen molar-refractivity contribution in [3.63, 3.8) is 0 Å². The van der Waals surface area contributed by atoms with Gasteiger partial charge in [0, 0.05) is 0 Å². The van der Waals surface area contributed by atoms with Crippen molar-refractivity contribution in [1.29, 1.82) is 0 Å². The Morgan fingerprint density at radius 3 is 2.46 bits per heavy atom. The van der Waals surface area contributed by atoms with Crippen molar-refractivity contribution in [3.05, 3.63) is 84.3 Å². The molecule has 0 spiro atoms. The fourth-order valence-corrected chi connectivity index (χ4v) is 2.50. The van der Waals surface area contributed by atoms with E-state index < -0.39 is 0 Å². The number of nitrogens with one attached hydrogen (secondary N) is 1. The highest BCUT2D eigenvalue weighted by atomic mass is 16.4. The van der Waals surface area contributed by atoms with Crippen LogP contribution in [0.4, 0.5) is 0 Å². The topological polar surface area (TPSA) is 77.2 Å². The Bertz CT molecular complexity index is 868. The summed E-state index contributed by atoms with van der Waals surface area (Å²) in [6.45, 7) is 0.411. The lowest BCUT2D eigenvalue weighted by Gasteiger charge is -2.15. The Labute approximate surface area is 138 Å². The van der Waals surface area contributed by atoms with Crippen LogP contribution in [0, 0.1) is 0 Å². The van der Waals surface area contributed by atoms with Crippen molar-refractivity contribution in [2.75, 3.05) is 0 Å². The van der Waals surface area contributed by atoms with Gasteiger partial charge in [-0.05, 0) is 29.8 Å². The van der Waals surface area contributed by atoms with Gasteiger partial charge >= 0.3 is 0 Å². The summed E-state index contributed by atoms with van der Waals surface area (Å²) >= 11 is 0. The van der Waals surface area contributed by atoms with Crippen LogP contribution in [0.2, 0.25) is 0 Å². The lowest BCUT2D eigenvalue weighted by molar-refractivity contribution is 0.413. The van der Waals surface area contributed by atoms with E-state index in [0.29, 0.717) is 24.1 Å². The molecule has 3 aromatic heterocycles. The number of rotatable bonds is 6. The second kappa shape index (κ2) is 6.55. The average Bonchev–Trinajstić information content (AvgIpc) is 3.38. The van der Waals surface area contributed by atoms with Crippen LogP contribution in [0.15, 0.2) is 80.4 Å². The number of furan rings is 2. The smallest absolute Gasteiger partial charge is 0.283 e. The molecule has 4 aromatic rings. The monoisotopic (exact) mass is 321 g/mol. The molecule has 0 aliphatic rings.